The van der Waals surface area contributed by atoms with Crippen molar-refractivity contribution in [1.29, 1.82) is 0 Å². The average Bonchev–Trinajstić information content (AvgIpc) is 2.53. The normalized spacial score (nSPS) is 11.8. The maximum atomic E-state index is 11.5. The second kappa shape index (κ2) is 5.77. The van der Waals surface area contributed by atoms with Crippen LogP contribution in [0, 0.1) is 19.3 Å². The Balaban J connectivity index is 2.57. The zero-order chi connectivity index (χ0) is 12.1. The van der Waals surface area contributed by atoms with Gasteiger partial charge in [-0.1, -0.05) is 17.3 Å². The van der Waals surface area contributed by atoms with Gasteiger partial charge >= 0.3 is 0 Å². The second-order valence-electron chi connectivity index (χ2n) is 3.11. The van der Waals surface area contributed by atoms with Crippen LogP contribution in [0.25, 0.3) is 0 Å². The highest BCUT2D eigenvalue weighted by Gasteiger charge is 2.16. The number of carbonyl (C=O) groups is 1. The molecule has 1 heterocycles. The molecule has 0 spiro atoms. The van der Waals surface area contributed by atoms with Gasteiger partial charge in [0.2, 0.25) is 5.91 Å². The first-order valence-electron chi connectivity index (χ1n) is 4.65. The molecule has 0 fully saturated rings. The molecule has 4 nitrogen and oxygen atoms in total. The number of carbonyl (C=O) groups excluding carboxylic acids is 1. The van der Waals surface area contributed by atoms with Gasteiger partial charge in [-0.25, -0.2) is 4.98 Å². The van der Waals surface area contributed by atoms with Crippen molar-refractivity contribution in [3.63, 3.8) is 0 Å². The van der Waals surface area contributed by atoms with Gasteiger partial charge in [0.1, 0.15) is 0 Å². The van der Waals surface area contributed by atoms with Crippen LogP contribution in [0.15, 0.2) is 4.21 Å². The number of aryl methyl sites for hydroxylation is 1. The van der Waals surface area contributed by atoms with Crippen LogP contribution >= 0.6 is 23.1 Å². The lowest BCUT2D eigenvalue weighted by Gasteiger charge is -2.08. The number of nitrogen functional groups attached to an aromatic ring is 1. The number of aromatic nitrogens is 1. The number of amides is 1. The van der Waals surface area contributed by atoms with E-state index in [-0.39, 0.29) is 17.7 Å². The van der Waals surface area contributed by atoms with E-state index in [0.717, 1.165) is 9.90 Å². The number of nitrogens with zero attached hydrogens (tertiary/aromatic N) is 1. The summed E-state index contributed by atoms with van der Waals surface area (Å²) in [6.45, 7) is 3.96. The van der Waals surface area contributed by atoms with Gasteiger partial charge in [0.05, 0.1) is 21.7 Å². The number of terminal acetylenes is 1. The molecule has 1 amide bonds. The second-order valence-corrected chi connectivity index (χ2v) is 5.75. The average molecular weight is 255 g/mol. The number of rotatable bonds is 4. The van der Waals surface area contributed by atoms with Crippen LogP contribution in [-0.2, 0) is 4.79 Å². The van der Waals surface area contributed by atoms with Crippen molar-refractivity contribution in [2.75, 3.05) is 12.3 Å². The zero-order valence-electron chi connectivity index (χ0n) is 9.11. The molecule has 0 aliphatic carbocycles. The molecule has 0 saturated heterocycles. The quantitative estimate of drug-likeness (QED) is 0.628. The van der Waals surface area contributed by atoms with Crippen molar-refractivity contribution in [3.05, 3.63) is 5.69 Å². The standard InChI is InChI=1S/C10H13N3OS2/c1-4-5-12-8(14)7(3)15-9-6(2)13-10(11)16-9/h1,7H,5H2,2-3H3,(H2,11,13)(H,12,14). The van der Waals surface area contributed by atoms with Gasteiger partial charge in [-0.2, -0.15) is 0 Å². The lowest BCUT2D eigenvalue weighted by molar-refractivity contribution is -0.120. The molecule has 1 rings (SSSR count). The van der Waals surface area contributed by atoms with Crippen LogP contribution in [0.4, 0.5) is 5.13 Å². The molecule has 1 atom stereocenters. The fourth-order valence-corrected chi connectivity index (χ4v) is 3.18. The Morgan fingerprint density at radius 1 is 1.81 bits per heavy atom. The van der Waals surface area contributed by atoms with Crippen LogP contribution in [0.1, 0.15) is 12.6 Å². The Labute approximate surface area is 103 Å². The molecule has 0 radical (unpaired) electrons. The van der Waals surface area contributed by atoms with Crippen LogP contribution in [-0.4, -0.2) is 22.7 Å². The first-order chi connectivity index (χ1) is 7.54. The minimum absolute atomic E-state index is 0.0747. The Kier molecular flexibility index (Phi) is 4.65. The van der Waals surface area contributed by atoms with Crippen LogP contribution in [0.3, 0.4) is 0 Å². The maximum Gasteiger partial charge on any atom is 0.233 e. The predicted octanol–water partition coefficient (Wildman–Crippen LogP) is 1.26. The highest BCUT2D eigenvalue weighted by atomic mass is 32.2. The van der Waals surface area contributed by atoms with Crippen molar-refractivity contribution < 1.29 is 4.79 Å². The van der Waals surface area contributed by atoms with Gasteiger partial charge in [0, 0.05) is 0 Å². The molecule has 16 heavy (non-hydrogen) atoms. The molecule has 1 aromatic rings. The van der Waals surface area contributed by atoms with E-state index < -0.39 is 0 Å². The molecule has 6 heteroatoms. The minimum Gasteiger partial charge on any atom is -0.375 e. The van der Waals surface area contributed by atoms with E-state index in [0.29, 0.717) is 5.13 Å². The fourth-order valence-electron chi connectivity index (χ4n) is 1.01. The number of anilines is 1. The summed E-state index contributed by atoms with van der Waals surface area (Å²) in [5, 5.41) is 2.96. The summed E-state index contributed by atoms with van der Waals surface area (Å²) in [4.78, 5) is 15.6. The number of thioether (sulfide) groups is 1. The van der Waals surface area contributed by atoms with Crippen molar-refractivity contribution in [3.8, 4) is 12.3 Å². The molecule has 0 saturated carbocycles. The van der Waals surface area contributed by atoms with E-state index >= 15 is 0 Å². The number of thiazole rings is 1. The summed E-state index contributed by atoms with van der Waals surface area (Å²) in [6.07, 6.45) is 5.06. The zero-order valence-corrected chi connectivity index (χ0v) is 10.7. The largest absolute Gasteiger partial charge is 0.375 e. The number of nitrogens with one attached hydrogen (secondary N) is 1. The van der Waals surface area contributed by atoms with E-state index in [1.807, 2.05) is 13.8 Å². The van der Waals surface area contributed by atoms with Crippen LogP contribution in [0.5, 0.6) is 0 Å². The van der Waals surface area contributed by atoms with Crippen molar-refractivity contribution in [2.45, 2.75) is 23.3 Å². The molecule has 3 N–H and O–H groups in total. The van der Waals surface area contributed by atoms with Crippen molar-refractivity contribution in [2.24, 2.45) is 0 Å². The third kappa shape index (κ3) is 3.43. The van der Waals surface area contributed by atoms with Crippen LogP contribution in [0.2, 0.25) is 0 Å². The molecular weight excluding hydrogens is 242 g/mol. The third-order valence-electron chi connectivity index (χ3n) is 1.79. The van der Waals surface area contributed by atoms with Crippen molar-refractivity contribution >= 4 is 34.1 Å². The van der Waals surface area contributed by atoms with Gasteiger partial charge in [0.15, 0.2) is 5.13 Å². The summed E-state index contributed by atoms with van der Waals surface area (Å²) in [6, 6.07) is 0. The first kappa shape index (κ1) is 12.9. The maximum absolute atomic E-state index is 11.5. The molecule has 86 valence electrons. The summed E-state index contributed by atoms with van der Waals surface area (Å²) in [5.41, 5.74) is 6.44. The molecule has 1 aromatic heterocycles. The summed E-state index contributed by atoms with van der Waals surface area (Å²) < 4.78 is 0.973. The molecule has 0 aromatic carbocycles. The Morgan fingerprint density at radius 3 is 3.00 bits per heavy atom. The molecular formula is C10H13N3OS2. The van der Waals surface area contributed by atoms with E-state index in [1.165, 1.54) is 23.1 Å². The fraction of sp³-hybridized carbons (Fsp3) is 0.400. The monoisotopic (exact) mass is 255 g/mol. The topological polar surface area (TPSA) is 68.0 Å². The lowest BCUT2D eigenvalue weighted by Crippen LogP contribution is -2.30. The van der Waals surface area contributed by atoms with E-state index in [4.69, 9.17) is 12.2 Å². The molecule has 1 unspecified atom stereocenters. The number of nitrogens with two attached hydrogens (primary N) is 1. The molecule has 0 aliphatic heterocycles. The highest BCUT2D eigenvalue weighted by Crippen LogP contribution is 2.33. The summed E-state index contributed by atoms with van der Waals surface area (Å²) >= 11 is 2.84. The van der Waals surface area contributed by atoms with E-state index in [1.54, 1.807) is 0 Å². The first-order valence-corrected chi connectivity index (χ1v) is 6.35. The molecule has 0 aliphatic rings. The Bertz CT molecular complexity index is 422. The van der Waals surface area contributed by atoms with E-state index in [2.05, 4.69) is 16.2 Å². The third-order valence-corrected chi connectivity index (χ3v) is 4.19. The van der Waals surface area contributed by atoms with Gasteiger partial charge in [0.25, 0.3) is 0 Å². The number of hydrogen-bond acceptors (Lipinski definition) is 5. The molecule has 0 bridgehead atoms. The highest BCUT2D eigenvalue weighted by molar-refractivity contribution is 8.02. The van der Waals surface area contributed by atoms with Crippen LogP contribution < -0.4 is 11.1 Å². The lowest BCUT2D eigenvalue weighted by atomic mass is 10.4. The van der Waals surface area contributed by atoms with E-state index in [9.17, 15) is 4.79 Å². The van der Waals surface area contributed by atoms with Gasteiger partial charge in [-0.15, -0.1) is 18.2 Å². The summed E-state index contributed by atoms with van der Waals surface area (Å²) in [5.74, 6) is 2.29. The number of hydrogen-bond donors (Lipinski definition) is 2. The van der Waals surface area contributed by atoms with Gasteiger partial charge in [-0.3, -0.25) is 4.79 Å². The predicted molar refractivity (Wildman–Crippen MR) is 68.4 cm³/mol. The summed E-state index contributed by atoms with van der Waals surface area (Å²) in [7, 11) is 0. The van der Waals surface area contributed by atoms with Gasteiger partial charge in [-0.05, 0) is 13.8 Å². The Morgan fingerprint density at radius 2 is 2.50 bits per heavy atom. The SMILES string of the molecule is C#CCNC(=O)C(C)Sc1sc(N)nc1C. The smallest absolute Gasteiger partial charge is 0.233 e. The minimum atomic E-state index is -0.202. The Hall–Kier alpha value is -1.19. The van der Waals surface area contributed by atoms with Gasteiger partial charge < -0.3 is 11.1 Å². The van der Waals surface area contributed by atoms with Crippen molar-refractivity contribution in [1.82, 2.24) is 10.3 Å².